The molecular weight excluding hydrogens is 268 g/mol. The fourth-order valence-electron chi connectivity index (χ4n) is 2.00. The van der Waals surface area contributed by atoms with Crippen molar-refractivity contribution in [3.63, 3.8) is 0 Å². The molecule has 0 atom stereocenters. The highest BCUT2D eigenvalue weighted by Crippen LogP contribution is 2.31. The number of hydrogen-bond acceptors (Lipinski definition) is 4. The molecule has 0 saturated carbocycles. The summed E-state index contributed by atoms with van der Waals surface area (Å²) in [5.41, 5.74) is 3.05. The Bertz CT molecular complexity index is 850. The molecular formula is C15H8N4S. The highest BCUT2D eigenvalue weighted by molar-refractivity contribution is 8.03. The minimum atomic E-state index is 0.604. The van der Waals surface area contributed by atoms with Gasteiger partial charge in [0.05, 0.1) is 11.6 Å². The summed E-state index contributed by atoms with van der Waals surface area (Å²) in [7, 11) is 0. The molecule has 3 rings (SSSR count). The summed E-state index contributed by atoms with van der Waals surface area (Å²) in [5.74, 6) is 0. The Morgan fingerprint density at radius 1 is 1.05 bits per heavy atom. The zero-order valence-electron chi connectivity index (χ0n) is 10.3. The second-order valence-corrected chi connectivity index (χ2v) is 4.85. The van der Waals surface area contributed by atoms with Crippen molar-refractivity contribution in [1.82, 2.24) is 9.38 Å². The summed E-state index contributed by atoms with van der Waals surface area (Å²) in [6.07, 6.45) is 1.88. The van der Waals surface area contributed by atoms with E-state index in [2.05, 4.69) is 16.5 Å². The molecule has 0 amide bonds. The topological polar surface area (TPSA) is 64.9 Å². The molecule has 0 saturated heterocycles. The maximum absolute atomic E-state index is 8.98. The van der Waals surface area contributed by atoms with Gasteiger partial charge in [0.2, 0.25) is 0 Å². The molecule has 5 heteroatoms. The zero-order valence-corrected chi connectivity index (χ0v) is 11.1. The van der Waals surface area contributed by atoms with Crippen molar-refractivity contribution in [1.29, 1.82) is 10.5 Å². The van der Waals surface area contributed by atoms with Crippen LogP contribution in [0.4, 0.5) is 0 Å². The van der Waals surface area contributed by atoms with Gasteiger partial charge in [0.15, 0.2) is 0 Å². The van der Waals surface area contributed by atoms with Gasteiger partial charge in [-0.05, 0) is 24.3 Å². The average molecular weight is 276 g/mol. The van der Waals surface area contributed by atoms with Gasteiger partial charge in [-0.3, -0.25) is 4.40 Å². The van der Waals surface area contributed by atoms with E-state index in [-0.39, 0.29) is 0 Å². The summed E-state index contributed by atoms with van der Waals surface area (Å²) in [4.78, 5) is 4.57. The van der Waals surface area contributed by atoms with E-state index in [9.17, 15) is 0 Å². The van der Waals surface area contributed by atoms with Crippen LogP contribution in [0.25, 0.3) is 16.9 Å². The first-order valence-electron chi connectivity index (χ1n) is 5.87. The molecule has 0 bridgehead atoms. The standard InChI is InChI=1S/C15H8N4S/c16-9-11-4-6-12(7-5-11)14-15(20-10-17)19-8-2-1-3-13(19)18-14/h1-8H. The molecule has 0 spiro atoms. The number of pyridine rings is 1. The Morgan fingerprint density at radius 2 is 1.85 bits per heavy atom. The van der Waals surface area contributed by atoms with Gasteiger partial charge in [0, 0.05) is 23.5 Å². The molecule has 3 aromatic rings. The monoisotopic (exact) mass is 276 g/mol. The lowest BCUT2D eigenvalue weighted by atomic mass is 10.1. The Hall–Kier alpha value is -2.76. The highest BCUT2D eigenvalue weighted by Gasteiger charge is 2.14. The molecule has 2 aromatic heterocycles. The molecule has 1 aromatic carbocycles. The smallest absolute Gasteiger partial charge is 0.140 e. The quantitative estimate of drug-likeness (QED) is 0.531. The molecule has 2 heterocycles. The summed E-state index contributed by atoms with van der Waals surface area (Å²) < 4.78 is 1.89. The molecule has 0 aliphatic heterocycles. The largest absolute Gasteiger partial charge is 0.293 e. The van der Waals surface area contributed by atoms with Crippen molar-refractivity contribution in [3.8, 4) is 22.7 Å². The van der Waals surface area contributed by atoms with E-state index in [1.54, 1.807) is 12.1 Å². The summed E-state index contributed by atoms with van der Waals surface area (Å²) >= 11 is 1.08. The van der Waals surface area contributed by atoms with E-state index in [4.69, 9.17) is 10.5 Å². The molecule has 20 heavy (non-hydrogen) atoms. The predicted octanol–water partition coefficient (Wildman–Crippen LogP) is 3.45. The number of thioether (sulfide) groups is 1. The van der Waals surface area contributed by atoms with Crippen molar-refractivity contribution in [2.45, 2.75) is 5.03 Å². The Balaban J connectivity index is 2.21. The number of hydrogen-bond donors (Lipinski definition) is 0. The number of benzene rings is 1. The van der Waals surface area contributed by atoms with Gasteiger partial charge in [0.25, 0.3) is 0 Å². The van der Waals surface area contributed by atoms with Crippen LogP contribution in [0, 0.1) is 22.0 Å². The number of nitrogens with zero attached hydrogens (tertiary/aromatic N) is 4. The van der Waals surface area contributed by atoms with Gasteiger partial charge in [-0.15, -0.1) is 0 Å². The van der Waals surface area contributed by atoms with E-state index >= 15 is 0 Å². The highest BCUT2D eigenvalue weighted by atomic mass is 32.2. The SMILES string of the molecule is N#CSc1c(-c2ccc(C#N)cc2)nc2ccccn12. The molecule has 0 unspecified atom stereocenters. The number of thiocyanates is 1. The third-order valence-electron chi connectivity index (χ3n) is 2.92. The van der Waals surface area contributed by atoms with E-state index < -0.39 is 0 Å². The molecule has 0 fully saturated rings. The normalized spacial score (nSPS) is 10.1. The molecule has 0 aliphatic rings. The van der Waals surface area contributed by atoms with Crippen molar-refractivity contribution >= 4 is 17.4 Å². The average Bonchev–Trinajstić information content (AvgIpc) is 2.87. The summed E-state index contributed by atoms with van der Waals surface area (Å²) in [6.45, 7) is 0. The van der Waals surface area contributed by atoms with Crippen LogP contribution in [-0.4, -0.2) is 9.38 Å². The van der Waals surface area contributed by atoms with Crippen molar-refractivity contribution in [3.05, 3.63) is 54.2 Å². The number of aromatic nitrogens is 2. The first kappa shape index (κ1) is 12.3. The Labute approximate surface area is 119 Å². The van der Waals surface area contributed by atoms with E-state index in [0.717, 1.165) is 33.7 Å². The second-order valence-electron chi connectivity index (χ2n) is 4.08. The second kappa shape index (κ2) is 5.08. The maximum Gasteiger partial charge on any atom is 0.140 e. The van der Waals surface area contributed by atoms with E-state index in [0.29, 0.717) is 5.56 Å². The minimum Gasteiger partial charge on any atom is -0.293 e. The third kappa shape index (κ3) is 2.01. The summed E-state index contributed by atoms with van der Waals surface area (Å²) in [6, 6.07) is 15.0. The first-order valence-corrected chi connectivity index (χ1v) is 6.68. The van der Waals surface area contributed by atoms with Gasteiger partial charge in [0.1, 0.15) is 21.8 Å². The lowest BCUT2D eigenvalue weighted by Crippen LogP contribution is -1.85. The molecule has 0 radical (unpaired) electrons. The Morgan fingerprint density at radius 3 is 2.55 bits per heavy atom. The van der Waals surface area contributed by atoms with Gasteiger partial charge < -0.3 is 0 Å². The van der Waals surface area contributed by atoms with E-state index in [1.165, 1.54) is 0 Å². The van der Waals surface area contributed by atoms with Crippen LogP contribution >= 0.6 is 11.8 Å². The van der Waals surface area contributed by atoms with Crippen LogP contribution in [0.3, 0.4) is 0 Å². The van der Waals surface area contributed by atoms with Crippen LogP contribution in [-0.2, 0) is 0 Å². The van der Waals surface area contributed by atoms with Crippen LogP contribution in [0.1, 0.15) is 5.56 Å². The fraction of sp³-hybridized carbons (Fsp3) is 0. The first-order chi connectivity index (χ1) is 9.83. The van der Waals surface area contributed by atoms with Gasteiger partial charge in [-0.2, -0.15) is 10.5 Å². The van der Waals surface area contributed by atoms with E-state index in [1.807, 2.05) is 40.9 Å². The van der Waals surface area contributed by atoms with Crippen molar-refractivity contribution in [2.24, 2.45) is 0 Å². The third-order valence-corrected chi connectivity index (χ3v) is 3.59. The molecule has 94 valence electrons. The van der Waals surface area contributed by atoms with Crippen molar-refractivity contribution in [2.75, 3.05) is 0 Å². The van der Waals surface area contributed by atoms with Crippen LogP contribution in [0.2, 0.25) is 0 Å². The van der Waals surface area contributed by atoms with Crippen LogP contribution < -0.4 is 0 Å². The van der Waals surface area contributed by atoms with Crippen LogP contribution in [0.5, 0.6) is 0 Å². The predicted molar refractivity (Wildman–Crippen MR) is 76.8 cm³/mol. The maximum atomic E-state index is 8.98. The molecule has 0 aliphatic carbocycles. The molecule has 4 nitrogen and oxygen atoms in total. The number of rotatable bonds is 2. The Kier molecular flexibility index (Phi) is 3.12. The molecule has 0 N–H and O–H groups in total. The van der Waals surface area contributed by atoms with Gasteiger partial charge in [-0.1, -0.05) is 18.2 Å². The minimum absolute atomic E-state index is 0.604. The lowest BCUT2D eigenvalue weighted by Gasteiger charge is -2.00. The lowest BCUT2D eigenvalue weighted by molar-refractivity contribution is 1.06. The van der Waals surface area contributed by atoms with Crippen LogP contribution in [0.15, 0.2) is 53.7 Å². The number of nitriles is 2. The fourth-order valence-corrected chi connectivity index (χ4v) is 2.60. The number of imidazole rings is 1. The van der Waals surface area contributed by atoms with Crippen molar-refractivity contribution < 1.29 is 0 Å². The number of fused-ring (bicyclic) bond motifs is 1. The summed E-state index contributed by atoms with van der Waals surface area (Å²) in [5, 5.41) is 20.7. The zero-order chi connectivity index (χ0) is 13.9. The van der Waals surface area contributed by atoms with Gasteiger partial charge >= 0.3 is 0 Å². The van der Waals surface area contributed by atoms with Gasteiger partial charge in [-0.25, -0.2) is 4.98 Å².